The fourth-order valence-electron chi connectivity index (χ4n) is 1.27. The second-order valence-corrected chi connectivity index (χ2v) is 4.10. The molecule has 1 heterocycles. The minimum atomic E-state index is 0.987. The molecule has 13 heavy (non-hydrogen) atoms. The average molecular weight is 246 g/mol. The van der Waals surface area contributed by atoms with Crippen LogP contribution in [0.5, 0.6) is 0 Å². The Morgan fingerprint density at radius 1 is 1.62 bits per heavy atom. The Morgan fingerprint density at radius 2 is 2.38 bits per heavy atom. The summed E-state index contributed by atoms with van der Waals surface area (Å²) in [5.41, 5.74) is 1.28. The van der Waals surface area contributed by atoms with Gasteiger partial charge in [0.2, 0.25) is 0 Å². The molecule has 4 heteroatoms. The third kappa shape index (κ3) is 3.91. The molecule has 3 nitrogen and oxygen atoms in total. The lowest BCUT2D eigenvalue weighted by Gasteiger charge is -2.14. The van der Waals surface area contributed by atoms with Crippen LogP contribution in [0.25, 0.3) is 0 Å². The van der Waals surface area contributed by atoms with E-state index in [0.717, 1.165) is 18.4 Å². The van der Waals surface area contributed by atoms with Crippen LogP contribution < -0.4 is 0 Å². The summed E-state index contributed by atoms with van der Waals surface area (Å²) in [5.74, 6) is 0. The van der Waals surface area contributed by atoms with Crippen LogP contribution in [0.1, 0.15) is 12.0 Å². The minimum Gasteiger partial charge on any atom is -0.302 e. The van der Waals surface area contributed by atoms with E-state index in [1.165, 1.54) is 12.0 Å². The summed E-state index contributed by atoms with van der Waals surface area (Å²) in [4.78, 5) is 2.30. The van der Waals surface area contributed by atoms with Crippen LogP contribution in [0.3, 0.4) is 0 Å². The van der Waals surface area contributed by atoms with E-state index >= 15 is 0 Å². The van der Waals surface area contributed by atoms with E-state index in [-0.39, 0.29) is 0 Å². The largest absolute Gasteiger partial charge is 0.302 e. The van der Waals surface area contributed by atoms with E-state index in [2.05, 4.69) is 39.2 Å². The van der Waals surface area contributed by atoms with Gasteiger partial charge in [-0.05, 0) is 20.0 Å². The maximum atomic E-state index is 4.13. The van der Waals surface area contributed by atoms with Gasteiger partial charge < -0.3 is 4.90 Å². The molecule has 0 spiro atoms. The minimum absolute atomic E-state index is 0.987. The highest BCUT2D eigenvalue weighted by molar-refractivity contribution is 9.09. The second-order valence-electron chi connectivity index (χ2n) is 3.30. The van der Waals surface area contributed by atoms with Crippen molar-refractivity contribution in [2.24, 2.45) is 7.05 Å². The van der Waals surface area contributed by atoms with Crippen molar-refractivity contribution in [3.05, 3.63) is 18.0 Å². The van der Waals surface area contributed by atoms with Crippen molar-refractivity contribution in [1.29, 1.82) is 0 Å². The highest BCUT2D eigenvalue weighted by Crippen LogP contribution is 2.01. The van der Waals surface area contributed by atoms with Crippen molar-refractivity contribution < 1.29 is 0 Å². The Morgan fingerprint density at radius 3 is 2.92 bits per heavy atom. The van der Waals surface area contributed by atoms with Crippen molar-refractivity contribution in [1.82, 2.24) is 14.7 Å². The number of hydrogen-bond acceptors (Lipinski definition) is 2. The first-order chi connectivity index (χ1) is 6.22. The molecule has 74 valence electrons. The van der Waals surface area contributed by atoms with E-state index < -0.39 is 0 Å². The zero-order valence-electron chi connectivity index (χ0n) is 8.20. The number of hydrogen-bond donors (Lipinski definition) is 0. The first-order valence-electron chi connectivity index (χ1n) is 4.44. The fraction of sp³-hybridized carbons (Fsp3) is 0.667. The van der Waals surface area contributed by atoms with Crippen LogP contribution in [-0.4, -0.2) is 33.6 Å². The van der Waals surface area contributed by atoms with Crippen molar-refractivity contribution in [3.8, 4) is 0 Å². The lowest BCUT2D eigenvalue weighted by atomic mass is 10.3. The lowest BCUT2D eigenvalue weighted by molar-refractivity contribution is 0.329. The summed E-state index contributed by atoms with van der Waals surface area (Å²) in [5, 5.41) is 5.20. The number of halogens is 1. The van der Waals surface area contributed by atoms with Gasteiger partial charge in [-0.25, -0.2) is 0 Å². The zero-order valence-corrected chi connectivity index (χ0v) is 9.79. The molecule has 0 saturated carbocycles. The lowest BCUT2D eigenvalue weighted by Crippen LogP contribution is -2.19. The number of aryl methyl sites for hydroxylation is 1. The summed E-state index contributed by atoms with van der Waals surface area (Å²) in [6.45, 7) is 2.11. The molecule has 0 amide bonds. The number of alkyl halides is 1. The molecule has 1 aromatic heterocycles. The van der Waals surface area contributed by atoms with Gasteiger partial charge >= 0.3 is 0 Å². The van der Waals surface area contributed by atoms with E-state index in [9.17, 15) is 0 Å². The molecule has 0 bridgehead atoms. The molecule has 0 unspecified atom stereocenters. The molecule has 0 N–H and O–H groups in total. The monoisotopic (exact) mass is 245 g/mol. The summed E-state index contributed by atoms with van der Waals surface area (Å²) < 4.78 is 1.84. The van der Waals surface area contributed by atoms with Gasteiger partial charge in [0, 0.05) is 30.7 Å². The molecular formula is C9H16BrN3. The number of aromatic nitrogens is 2. The first-order valence-corrected chi connectivity index (χ1v) is 5.56. The van der Waals surface area contributed by atoms with Crippen LogP contribution in [-0.2, 0) is 13.6 Å². The predicted octanol–water partition coefficient (Wildman–Crippen LogP) is 1.64. The quantitative estimate of drug-likeness (QED) is 0.736. The fourth-order valence-corrected chi connectivity index (χ4v) is 1.52. The normalized spacial score (nSPS) is 11.1. The Bertz CT molecular complexity index is 247. The molecular weight excluding hydrogens is 230 g/mol. The molecule has 0 aliphatic rings. The zero-order chi connectivity index (χ0) is 9.68. The smallest absolute Gasteiger partial charge is 0.0534 e. The molecule has 0 aromatic carbocycles. The second kappa shape index (κ2) is 5.40. The highest BCUT2D eigenvalue weighted by Gasteiger charge is 2.00. The SMILES string of the molecule is CN(CCCBr)Cc1cnn(C)c1. The van der Waals surface area contributed by atoms with Crippen LogP contribution in [0.15, 0.2) is 12.4 Å². The first kappa shape index (κ1) is 10.7. The van der Waals surface area contributed by atoms with Crippen LogP contribution >= 0.6 is 15.9 Å². The summed E-state index contributed by atoms with van der Waals surface area (Å²) in [6.07, 6.45) is 5.17. The molecule has 1 aromatic rings. The summed E-state index contributed by atoms with van der Waals surface area (Å²) in [7, 11) is 4.08. The van der Waals surface area contributed by atoms with E-state index in [4.69, 9.17) is 0 Å². The molecule has 0 radical (unpaired) electrons. The standard InChI is InChI=1S/C9H16BrN3/c1-12(5-3-4-10)7-9-6-11-13(2)8-9/h6,8H,3-5,7H2,1-2H3. The van der Waals surface area contributed by atoms with Gasteiger partial charge in [0.25, 0.3) is 0 Å². The number of nitrogens with zero attached hydrogens (tertiary/aromatic N) is 3. The topological polar surface area (TPSA) is 21.1 Å². The van der Waals surface area contributed by atoms with Gasteiger partial charge in [-0.3, -0.25) is 4.68 Å². The third-order valence-electron chi connectivity index (χ3n) is 1.88. The van der Waals surface area contributed by atoms with Crippen molar-refractivity contribution in [3.63, 3.8) is 0 Å². The predicted molar refractivity (Wildman–Crippen MR) is 58.0 cm³/mol. The van der Waals surface area contributed by atoms with Gasteiger partial charge in [-0.1, -0.05) is 15.9 Å². The molecule has 0 aliphatic heterocycles. The number of rotatable bonds is 5. The Labute approximate surface area is 87.9 Å². The van der Waals surface area contributed by atoms with Crippen molar-refractivity contribution >= 4 is 15.9 Å². The Kier molecular flexibility index (Phi) is 4.45. The molecule has 0 saturated heterocycles. The van der Waals surface area contributed by atoms with E-state index in [1.54, 1.807) is 0 Å². The van der Waals surface area contributed by atoms with Gasteiger partial charge in [0.1, 0.15) is 0 Å². The third-order valence-corrected chi connectivity index (χ3v) is 2.45. The van der Waals surface area contributed by atoms with Gasteiger partial charge in [0.15, 0.2) is 0 Å². The van der Waals surface area contributed by atoms with E-state index in [0.29, 0.717) is 0 Å². The molecule has 1 rings (SSSR count). The molecule has 0 atom stereocenters. The van der Waals surface area contributed by atoms with Crippen molar-refractivity contribution in [2.45, 2.75) is 13.0 Å². The summed E-state index contributed by atoms with van der Waals surface area (Å²) in [6, 6.07) is 0. The van der Waals surface area contributed by atoms with E-state index in [1.807, 2.05) is 17.9 Å². The van der Waals surface area contributed by atoms with Gasteiger partial charge in [-0.2, -0.15) is 5.10 Å². The Balaban J connectivity index is 2.31. The van der Waals surface area contributed by atoms with Crippen LogP contribution in [0.4, 0.5) is 0 Å². The molecule has 0 aliphatic carbocycles. The van der Waals surface area contributed by atoms with Crippen LogP contribution in [0, 0.1) is 0 Å². The van der Waals surface area contributed by atoms with Crippen LogP contribution in [0.2, 0.25) is 0 Å². The Hall–Kier alpha value is -0.350. The highest BCUT2D eigenvalue weighted by atomic mass is 79.9. The molecule has 0 fully saturated rings. The maximum Gasteiger partial charge on any atom is 0.0534 e. The maximum absolute atomic E-state index is 4.13. The summed E-state index contributed by atoms with van der Waals surface area (Å²) >= 11 is 3.42. The van der Waals surface area contributed by atoms with Gasteiger partial charge in [-0.15, -0.1) is 0 Å². The van der Waals surface area contributed by atoms with Crippen molar-refractivity contribution in [2.75, 3.05) is 18.9 Å². The average Bonchev–Trinajstić information content (AvgIpc) is 2.48. The van der Waals surface area contributed by atoms with Gasteiger partial charge in [0.05, 0.1) is 6.20 Å².